The molecule has 24 heavy (non-hydrogen) atoms. The average molecular weight is 328 g/mol. The fourth-order valence-electron chi connectivity index (χ4n) is 3.19. The first-order chi connectivity index (χ1) is 11.5. The first kappa shape index (κ1) is 16.0. The Morgan fingerprint density at radius 1 is 1.25 bits per heavy atom. The molecule has 0 saturated heterocycles. The number of benzene rings is 2. The summed E-state index contributed by atoms with van der Waals surface area (Å²) >= 11 is 0. The first-order valence-electron chi connectivity index (χ1n) is 7.56. The summed E-state index contributed by atoms with van der Waals surface area (Å²) in [4.78, 5) is 12.0. The fraction of sp³-hybridized carbons (Fsp3) is 0.222. The number of hydrogen-bond acceptors (Lipinski definition) is 4. The molecule has 5 nitrogen and oxygen atoms in total. The van der Waals surface area contributed by atoms with E-state index in [-0.39, 0.29) is 11.5 Å². The lowest BCUT2D eigenvalue weighted by molar-refractivity contribution is -0.110. The standard InChI is InChI=1S/C18H17FN2O3/c1-4-11-9(2)16-14(17(21-23)18(22)20-16)8-12(11)13-7-10(19)5-6-15(13)24-3/h5-8,23H,4H2,1-3H3,(H,20,21,22). The molecule has 1 aliphatic heterocycles. The minimum absolute atomic E-state index is 0.0487. The second kappa shape index (κ2) is 5.96. The van der Waals surface area contributed by atoms with Crippen LogP contribution in [0.3, 0.4) is 0 Å². The molecular weight excluding hydrogens is 311 g/mol. The molecule has 0 spiro atoms. The summed E-state index contributed by atoms with van der Waals surface area (Å²) in [5.74, 6) is -0.303. The van der Waals surface area contributed by atoms with Crippen LogP contribution in [0.1, 0.15) is 23.6 Å². The number of rotatable bonds is 3. The highest BCUT2D eigenvalue weighted by Gasteiger charge is 2.30. The monoisotopic (exact) mass is 328 g/mol. The second-order valence-corrected chi connectivity index (χ2v) is 5.55. The third-order valence-corrected chi connectivity index (χ3v) is 4.32. The number of halogens is 1. The number of methoxy groups -OCH3 is 1. The van der Waals surface area contributed by atoms with E-state index in [9.17, 15) is 9.18 Å². The van der Waals surface area contributed by atoms with E-state index in [1.165, 1.54) is 19.2 Å². The first-order valence-corrected chi connectivity index (χ1v) is 7.56. The van der Waals surface area contributed by atoms with E-state index in [1.807, 2.05) is 13.8 Å². The molecule has 0 aliphatic carbocycles. The average Bonchev–Trinajstić information content (AvgIpc) is 2.90. The predicted molar refractivity (Wildman–Crippen MR) is 89.5 cm³/mol. The molecular formula is C18H17FN2O3. The van der Waals surface area contributed by atoms with Crippen LogP contribution in [0.25, 0.3) is 11.1 Å². The molecule has 3 rings (SSSR count). The van der Waals surface area contributed by atoms with Gasteiger partial charge in [0.2, 0.25) is 0 Å². The maximum absolute atomic E-state index is 13.8. The minimum Gasteiger partial charge on any atom is -0.496 e. The molecule has 1 aliphatic rings. The minimum atomic E-state index is -0.457. The number of amides is 1. The van der Waals surface area contributed by atoms with Gasteiger partial charge in [-0.15, -0.1) is 0 Å². The Bertz CT molecular complexity index is 875. The third-order valence-electron chi connectivity index (χ3n) is 4.32. The molecule has 6 heteroatoms. The number of nitrogens with zero attached hydrogens (tertiary/aromatic N) is 1. The largest absolute Gasteiger partial charge is 0.496 e. The third kappa shape index (κ3) is 2.31. The van der Waals surface area contributed by atoms with E-state index in [4.69, 9.17) is 9.94 Å². The lowest BCUT2D eigenvalue weighted by Gasteiger charge is -2.17. The fourth-order valence-corrected chi connectivity index (χ4v) is 3.19. The summed E-state index contributed by atoms with van der Waals surface area (Å²) < 4.78 is 19.2. The number of nitrogens with one attached hydrogen (secondary N) is 1. The zero-order valence-corrected chi connectivity index (χ0v) is 13.6. The van der Waals surface area contributed by atoms with E-state index in [0.717, 1.165) is 16.7 Å². The van der Waals surface area contributed by atoms with Gasteiger partial charge in [-0.1, -0.05) is 12.1 Å². The zero-order chi connectivity index (χ0) is 17.4. The van der Waals surface area contributed by atoms with Gasteiger partial charge < -0.3 is 15.3 Å². The molecule has 0 bridgehead atoms. The number of fused-ring (bicyclic) bond motifs is 1. The highest BCUT2D eigenvalue weighted by atomic mass is 19.1. The van der Waals surface area contributed by atoms with Crippen LogP contribution in [-0.4, -0.2) is 23.9 Å². The Labute approximate surface area is 138 Å². The molecule has 1 heterocycles. The van der Waals surface area contributed by atoms with E-state index >= 15 is 0 Å². The molecule has 0 unspecified atom stereocenters. The summed E-state index contributed by atoms with van der Waals surface area (Å²) in [7, 11) is 1.52. The number of hydrogen-bond donors (Lipinski definition) is 2. The molecule has 0 fully saturated rings. The molecule has 0 atom stereocenters. The Kier molecular flexibility index (Phi) is 3.97. The van der Waals surface area contributed by atoms with Crippen molar-refractivity contribution in [3.63, 3.8) is 0 Å². The lowest BCUT2D eigenvalue weighted by Crippen LogP contribution is -2.14. The molecule has 2 aromatic rings. The van der Waals surface area contributed by atoms with E-state index in [2.05, 4.69) is 10.5 Å². The molecule has 0 aromatic heterocycles. The van der Waals surface area contributed by atoms with Gasteiger partial charge in [0.1, 0.15) is 11.6 Å². The van der Waals surface area contributed by atoms with Gasteiger partial charge in [-0.2, -0.15) is 0 Å². The van der Waals surface area contributed by atoms with Crippen molar-refractivity contribution in [1.29, 1.82) is 0 Å². The summed E-state index contributed by atoms with van der Waals surface area (Å²) in [5, 5.41) is 15.0. The SMILES string of the molecule is CCc1c(-c2cc(F)ccc2OC)cc2c(c1C)NC(=O)/C2=N\O. The summed E-state index contributed by atoms with van der Waals surface area (Å²) in [6, 6.07) is 6.04. The van der Waals surface area contributed by atoms with Crippen LogP contribution in [0.5, 0.6) is 5.75 Å². The van der Waals surface area contributed by atoms with Gasteiger partial charge in [0.25, 0.3) is 5.91 Å². The topological polar surface area (TPSA) is 70.9 Å². The van der Waals surface area contributed by atoms with Gasteiger partial charge in [0, 0.05) is 11.1 Å². The normalized spacial score (nSPS) is 14.7. The van der Waals surface area contributed by atoms with Crippen molar-refractivity contribution in [2.45, 2.75) is 20.3 Å². The maximum atomic E-state index is 13.8. The summed E-state index contributed by atoms with van der Waals surface area (Å²) in [6.45, 7) is 3.87. The van der Waals surface area contributed by atoms with Gasteiger partial charge in [0.15, 0.2) is 5.71 Å². The van der Waals surface area contributed by atoms with Crippen molar-refractivity contribution in [2.24, 2.45) is 5.16 Å². The second-order valence-electron chi connectivity index (χ2n) is 5.55. The lowest BCUT2D eigenvalue weighted by atomic mass is 9.89. The van der Waals surface area contributed by atoms with Crippen LogP contribution >= 0.6 is 0 Å². The van der Waals surface area contributed by atoms with Crippen molar-refractivity contribution in [2.75, 3.05) is 12.4 Å². The highest BCUT2D eigenvalue weighted by molar-refractivity contribution is 6.54. The predicted octanol–water partition coefficient (Wildman–Crippen LogP) is 3.50. The Morgan fingerprint density at radius 3 is 2.62 bits per heavy atom. The van der Waals surface area contributed by atoms with Crippen LogP contribution in [0.4, 0.5) is 10.1 Å². The van der Waals surface area contributed by atoms with Crippen molar-refractivity contribution in [3.8, 4) is 16.9 Å². The van der Waals surface area contributed by atoms with Crippen molar-refractivity contribution >= 4 is 17.3 Å². The zero-order valence-electron chi connectivity index (χ0n) is 13.6. The smallest absolute Gasteiger partial charge is 0.278 e. The molecule has 2 aromatic carbocycles. The van der Waals surface area contributed by atoms with E-state index in [0.29, 0.717) is 29.0 Å². The van der Waals surface area contributed by atoms with Gasteiger partial charge in [0.05, 0.1) is 12.8 Å². The molecule has 1 amide bonds. The highest BCUT2D eigenvalue weighted by Crippen LogP contribution is 2.40. The van der Waals surface area contributed by atoms with Crippen LogP contribution in [0.2, 0.25) is 0 Å². The number of ether oxygens (including phenoxy) is 1. The van der Waals surface area contributed by atoms with Crippen LogP contribution in [0.15, 0.2) is 29.4 Å². The number of carbonyl (C=O) groups is 1. The maximum Gasteiger partial charge on any atom is 0.278 e. The van der Waals surface area contributed by atoms with Crippen LogP contribution < -0.4 is 10.1 Å². The number of carbonyl (C=O) groups excluding carboxylic acids is 1. The Balaban J connectivity index is 2.35. The Hall–Kier alpha value is -2.89. The quantitative estimate of drug-likeness (QED) is 0.669. The summed E-state index contributed by atoms with van der Waals surface area (Å²) in [5.41, 5.74) is 4.26. The number of anilines is 1. The molecule has 0 saturated carbocycles. The Morgan fingerprint density at radius 2 is 2.00 bits per heavy atom. The van der Waals surface area contributed by atoms with Gasteiger partial charge in [-0.25, -0.2) is 4.39 Å². The van der Waals surface area contributed by atoms with Gasteiger partial charge in [-0.3, -0.25) is 4.79 Å². The van der Waals surface area contributed by atoms with E-state index in [1.54, 1.807) is 12.1 Å². The summed E-state index contributed by atoms with van der Waals surface area (Å²) in [6.07, 6.45) is 0.690. The van der Waals surface area contributed by atoms with Crippen LogP contribution in [-0.2, 0) is 11.2 Å². The van der Waals surface area contributed by atoms with Crippen molar-refractivity contribution in [1.82, 2.24) is 0 Å². The van der Waals surface area contributed by atoms with Crippen LogP contribution in [0, 0.1) is 12.7 Å². The van der Waals surface area contributed by atoms with Crippen molar-refractivity contribution in [3.05, 3.63) is 46.8 Å². The molecule has 0 radical (unpaired) electrons. The number of oxime groups is 1. The van der Waals surface area contributed by atoms with E-state index < -0.39 is 5.91 Å². The molecule has 124 valence electrons. The molecule has 2 N–H and O–H groups in total. The van der Waals surface area contributed by atoms with Gasteiger partial charge >= 0.3 is 0 Å². The van der Waals surface area contributed by atoms with Crippen molar-refractivity contribution < 1.29 is 19.1 Å². The van der Waals surface area contributed by atoms with Gasteiger partial charge in [-0.05, 0) is 54.3 Å².